The number of rotatable bonds is 4. The van der Waals surface area contributed by atoms with Gasteiger partial charge in [-0.15, -0.1) is 0 Å². The monoisotopic (exact) mass is 347 g/mol. The summed E-state index contributed by atoms with van der Waals surface area (Å²) in [6, 6.07) is 8.14. The van der Waals surface area contributed by atoms with Crippen LogP contribution in [-0.4, -0.2) is 17.9 Å². The normalized spacial score (nSPS) is 19.9. The van der Waals surface area contributed by atoms with Gasteiger partial charge in [0.25, 0.3) is 5.91 Å². The molecule has 1 aliphatic rings. The molecule has 24 heavy (non-hydrogen) atoms. The molecule has 4 N–H and O–H groups in total. The zero-order valence-corrected chi connectivity index (χ0v) is 13.7. The van der Waals surface area contributed by atoms with E-state index >= 15 is 0 Å². The first-order valence-electron chi connectivity index (χ1n) is 7.74. The summed E-state index contributed by atoms with van der Waals surface area (Å²) in [6.07, 6.45) is 3.71. The van der Waals surface area contributed by atoms with Gasteiger partial charge < -0.3 is 20.8 Å². The van der Waals surface area contributed by atoms with Gasteiger partial charge >= 0.3 is 0 Å². The lowest BCUT2D eigenvalue weighted by Gasteiger charge is -2.15. The fourth-order valence-corrected chi connectivity index (χ4v) is 2.98. The van der Waals surface area contributed by atoms with Crippen molar-refractivity contribution >= 4 is 34.8 Å². The van der Waals surface area contributed by atoms with Crippen molar-refractivity contribution in [1.82, 2.24) is 0 Å². The van der Waals surface area contributed by atoms with E-state index in [9.17, 15) is 9.59 Å². The third-order valence-corrected chi connectivity index (χ3v) is 4.31. The van der Waals surface area contributed by atoms with Crippen molar-refractivity contribution in [1.29, 1.82) is 0 Å². The summed E-state index contributed by atoms with van der Waals surface area (Å²) in [4.78, 5) is 24.5. The van der Waals surface area contributed by atoms with Crippen LogP contribution in [0, 0.1) is 5.92 Å². The van der Waals surface area contributed by atoms with E-state index in [2.05, 4.69) is 10.6 Å². The molecule has 0 spiro atoms. The van der Waals surface area contributed by atoms with E-state index in [0.717, 1.165) is 12.8 Å². The Balaban J connectivity index is 1.75. The number of benzene rings is 1. The molecular weight excluding hydrogens is 330 g/mol. The first-order valence-corrected chi connectivity index (χ1v) is 8.11. The van der Waals surface area contributed by atoms with Crippen LogP contribution in [0.3, 0.4) is 0 Å². The molecule has 1 aliphatic carbocycles. The quantitative estimate of drug-likeness (QED) is 0.790. The molecule has 1 saturated carbocycles. The van der Waals surface area contributed by atoms with Crippen LogP contribution in [0.5, 0.6) is 0 Å². The number of nitrogens with two attached hydrogens (primary N) is 1. The minimum absolute atomic E-state index is 0.0732. The molecule has 0 radical (unpaired) electrons. The second kappa shape index (κ2) is 7.07. The van der Waals surface area contributed by atoms with Crippen LogP contribution in [0.25, 0.3) is 0 Å². The number of halogens is 1. The molecule has 0 bridgehead atoms. The smallest absolute Gasteiger partial charge is 0.291 e. The lowest BCUT2D eigenvalue weighted by molar-refractivity contribution is -0.119. The predicted octanol–water partition coefficient (Wildman–Crippen LogP) is 3.25. The molecule has 2 aromatic rings. The highest BCUT2D eigenvalue weighted by atomic mass is 35.5. The number of hydrogen-bond acceptors (Lipinski definition) is 4. The summed E-state index contributed by atoms with van der Waals surface area (Å²) in [5, 5.41) is 6.00. The van der Waals surface area contributed by atoms with E-state index in [-0.39, 0.29) is 23.6 Å². The molecule has 7 heteroatoms. The summed E-state index contributed by atoms with van der Waals surface area (Å²) in [6.45, 7) is 0. The number of hydrogen-bond donors (Lipinski definition) is 3. The van der Waals surface area contributed by atoms with E-state index in [1.165, 1.54) is 6.26 Å². The van der Waals surface area contributed by atoms with E-state index < -0.39 is 5.91 Å². The lowest BCUT2D eigenvalue weighted by atomic mass is 10.1. The second-order valence-corrected chi connectivity index (χ2v) is 6.32. The van der Waals surface area contributed by atoms with Gasteiger partial charge in [0.15, 0.2) is 5.76 Å². The van der Waals surface area contributed by atoms with Gasteiger partial charge in [-0.2, -0.15) is 0 Å². The number of amides is 2. The summed E-state index contributed by atoms with van der Waals surface area (Å²) < 4.78 is 5.07. The van der Waals surface area contributed by atoms with Gasteiger partial charge in [-0.05, 0) is 49.6 Å². The maximum atomic E-state index is 12.4. The fourth-order valence-electron chi connectivity index (χ4n) is 2.81. The highest BCUT2D eigenvalue weighted by Gasteiger charge is 2.28. The molecule has 2 amide bonds. The minimum atomic E-state index is -0.416. The standard InChI is InChI=1S/C17H18ClN3O3/c18-11-4-6-13(20-16(22)10-3-5-12(19)8-10)14(9-11)21-17(23)15-2-1-7-24-15/h1-2,4,6-7,9-10,12H,3,5,8,19H2,(H,20,22)(H,21,23). The predicted molar refractivity (Wildman–Crippen MR) is 92.1 cm³/mol. The molecule has 1 fully saturated rings. The Bertz CT molecular complexity index is 746. The summed E-state index contributed by atoms with van der Waals surface area (Å²) in [5.74, 6) is -0.447. The maximum Gasteiger partial charge on any atom is 0.291 e. The number of carbonyl (C=O) groups excluding carboxylic acids is 2. The molecule has 1 aromatic heterocycles. The second-order valence-electron chi connectivity index (χ2n) is 5.88. The summed E-state index contributed by atoms with van der Waals surface area (Å²) in [5.41, 5.74) is 6.77. The lowest BCUT2D eigenvalue weighted by Crippen LogP contribution is -2.24. The molecule has 2 unspecified atom stereocenters. The van der Waals surface area contributed by atoms with Crippen LogP contribution in [0.1, 0.15) is 29.8 Å². The van der Waals surface area contributed by atoms with Crippen molar-refractivity contribution in [3.63, 3.8) is 0 Å². The topological polar surface area (TPSA) is 97.4 Å². The highest BCUT2D eigenvalue weighted by molar-refractivity contribution is 6.31. The SMILES string of the molecule is NC1CCC(C(=O)Nc2ccc(Cl)cc2NC(=O)c2ccco2)C1. The van der Waals surface area contributed by atoms with Crippen LogP contribution >= 0.6 is 11.6 Å². The zero-order chi connectivity index (χ0) is 17.1. The number of anilines is 2. The molecule has 0 aliphatic heterocycles. The van der Waals surface area contributed by atoms with Crippen molar-refractivity contribution in [2.24, 2.45) is 11.7 Å². The maximum absolute atomic E-state index is 12.4. The number of nitrogens with one attached hydrogen (secondary N) is 2. The average Bonchev–Trinajstić information content (AvgIpc) is 3.21. The molecule has 3 rings (SSSR count). The van der Waals surface area contributed by atoms with Crippen molar-refractivity contribution < 1.29 is 14.0 Å². The van der Waals surface area contributed by atoms with Gasteiger partial charge in [-0.25, -0.2) is 0 Å². The fraction of sp³-hybridized carbons (Fsp3) is 0.294. The van der Waals surface area contributed by atoms with E-state index in [1.54, 1.807) is 30.3 Å². The Morgan fingerprint density at radius 3 is 2.67 bits per heavy atom. The molecule has 0 saturated heterocycles. The van der Waals surface area contributed by atoms with Gasteiger partial charge in [0.2, 0.25) is 5.91 Å². The van der Waals surface area contributed by atoms with Crippen LogP contribution in [0.4, 0.5) is 11.4 Å². The Morgan fingerprint density at radius 2 is 2.00 bits per heavy atom. The molecule has 1 aromatic carbocycles. The Kier molecular flexibility index (Phi) is 4.87. The first-order chi connectivity index (χ1) is 11.5. The average molecular weight is 348 g/mol. The minimum Gasteiger partial charge on any atom is -0.459 e. The number of carbonyl (C=O) groups is 2. The van der Waals surface area contributed by atoms with Crippen molar-refractivity contribution in [2.75, 3.05) is 10.6 Å². The summed E-state index contributed by atoms with van der Waals surface area (Å²) >= 11 is 6.00. The van der Waals surface area contributed by atoms with E-state index in [4.69, 9.17) is 21.8 Å². The zero-order valence-electron chi connectivity index (χ0n) is 12.9. The van der Waals surface area contributed by atoms with E-state index in [0.29, 0.717) is 22.8 Å². The number of furan rings is 1. The van der Waals surface area contributed by atoms with Crippen molar-refractivity contribution in [2.45, 2.75) is 25.3 Å². The third-order valence-electron chi connectivity index (χ3n) is 4.08. The van der Waals surface area contributed by atoms with E-state index in [1.807, 2.05) is 0 Å². The Hall–Kier alpha value is -2.31. The first kappa shape index (κ1) is 16.5. The largest absolute Gasteiger partial charge is 0.459 e. The van der Waals surface area contributed by atoms with Gasteiger partial charge in [-0.1, -0.05) is 11.6 Å². The Labute approximate surface area is 144 Å². The van der Waals surface area contributed by atoms with Crippen LogP contribution in [-0.2, 0) is 4.79 Å². The molecule has 1 heterocycles. The van der Waals surface area contributed by atoms with Gasteiger partial charge in [0.05, 0.1) is 17.6 Å². The van der Waals surface area contributed by atoms with Gasteiger partial charge in [0.1, 0.15) is 0 Å². The molecule has 126 valence electrons. The van der Waals surface area contributed by atoms with Crippen LogP contribution in [0.15, 0.2) is 41.0 Å². The van der Waals surface area contributed by atoms with Gasteiger partial charge in [-0.3, -0.25) is 9.59 Å². The Morgan fingerprint density at radius 1 is 1.17 bits per heavy atom. The van der Waals surface area contributed by atoms with Crippen molar-refractivity contribution in [3.05, 3.63) is 47.4 Å². The highest BCUT2D eigenvalue weighted by Crippen LogP contribution is 2.30. The third kappa shape index (κ3) is 3.77. The summed E-state index contributed by atoms with van der Waals surface area (Å²) in [7, 11) is 0. The molecule has 2 atom stereocenters. The van der Waals surface area contributed by atoms with Crippen LogP contribution < -0.4 is 16.4 Å². The van der Waals surface area contributed by atoms with Crippen molar-refractivity contribution in [3.8, 4) is 0 Å². The van der Waals surface area contributed by atoms with Gasteiger partial charge in [0, 0.05) is 17.0 Å². The molecular formula is C17H18ClN3O3. The van der Waals surface area contributed by atoms with Crippen LogP contribution in [0.2, 0.25) is 5.02 Å². The molecule has 6 nitrogen and oxygen atoms in total.